The van der Waals surface area contributed by atoms with Gasteiger partial charge < -0.3 is 15.4 Å². The van der Waals surface area contributed by atoms with Gasteiger partial charge in [0.1, 0.15) is 17.5 Å². The maximum Gasteiger partial charge on any atom is 0.163 e. The molecule has 140 valence electrons. The van der Waals surface area contributed by atoms with Crippen LogP contribution in [0.2, 0.25) is 0 Å². The molecule has 0 aliphatic heterocycles. The maximum atomic E-state index is 13.9. The summed E-state index contributed by atoms with van der Waals surface area (Å²) in [5, 5.41) is 6.49. The Morgan fingerprint density at radius 2 is 1.63 bits per heavy atom. The van der Waals surface area contributed by atoms with E-state index in [4.69, 9.17) is 4.74 Å². The average Bonchev–Trinajstić information content (AvgIpc) is 2.71. The van der Waals surface area contributed by atoms with Gasteiger partial charge in [-0.3, -0.25) is 0 Å². The first-order valence-electron chi connectivity index (χ1n) is 8.91. The molecule has 2 aromatic carbocycles. The highest BCUT2D eigenvalue weighted by atomic mass is 19.1. The van der Waals surface area contributed by atoms with Gasteiger partial charge in [-0.05, 0) is 12.5 Å². The summed E-state index contributed by atoms with van der Waals surface area (Å²) in [5.41, 5.74) is 1.51. The van der Waals surface area contributed by atoms with Crippen LogP contribution in [-0.2, 0) is 11.3 Å². The Balaban J connectivity index is 1.79. The number of aromatic nitrogens is 2. The smallest absolute Gasteiger partial charge is 0.163 e. The average molecular weight is 366 g/mol. The Hall–Kier alpha value is -2.99. The quantitative estimate of drug-likeness (QED) is 0.552. The van der Waals surface area contributed by atoms with Gasteiger partial charge in [-0.15, -0.1) is 0 Å². The fraction of sp³-hybridized carbons (Fsp3) is 0.238. The molecule has 0 saturated heterocycles. The number of nitrogens with zero attached hydrogens (tertiary/aromatic N) is 2. The van der Waals surface area contributed by atoms with Gasteiger partial charge in [-0.2, -0.15) is 0 Å². The van der Waals surface area contributed by atoms with E-state index in [1.807, 2.05) is 42.5 Å². The highest BCUT2D eigenvalue weighted by Gasteiger charge is 2.08. The number of nitrogens with one attached hydrogen (secondary N) is 2. The third-order valence-corrected chi connectivity index (χ3v) is 4.01. The zero-order valence-corrected chi connectivity index (χ0v) is 15.3. The van der Waals surface area contributed by atoms with E-state index >= 15 is 0 Å². The van der Waals surface area contributed by atoms with Crippen LogP contribution in [0.25, 0.3) is 11.4 Å². The number of methoxy groups -OCH3 is 1. The largest absolute Gasteiger partial charge is 0.385 e. The number of halogens is 1. The SMILES string of the molecule is COCCCNc1cc(NCc2ccccc2F)nc(-c2ccccc2)n1. The number of rotatable bonds is 9. The second-order valence-corrected chi connectivity index (χ2v) is 6.05. The first-order chi connectivity index (χ1) is 13.3. The molecule has 0 amide bonds. The van der Waals surface area contributed by atoms with Crippen LogP contribution in [-0.4, -0.2) is 30.2 Å². The lowest BCUT2D eigenvalue weighted by Crippen LogP contribution is -2.09. The van der Waals surface area contributed by atoms with E-state index in [0.29, 0.717) is 30.4 Å². The van der Waals surface area contributed by atoms with Crippen molar-refractivity contribution in [1.82, 2.24) is 9.97 Å². The molecule has 1 aromatic heterocycles. The van der Waals surface area contributed by atoms with Crippen molar-refractivity contribution in [3.8, 4) is 11.4 Å². The number of benzene rings is 2. The Morgan fingerprint density at radius 1 is 0.926 bits per heavy atom. The summed E-state index contributed by atoms with van der Waals surface area (Å²) in [6, 6.07) is 18.3. The van der Waals surface area contributed by atoms with E-state index in [1.54, 1.807) is 19.2 Å². The van der Waals surface area contributed by atoms with Crippen LogP contribution in [0.3, 0.4) is 0 Å². The highest BCUT2D eigenvalue weighted by Crippen LogP contribution is 2.21. The van der Waals surface area contributed by atoms with Crippen LogP contribution in [0.15, 0.2) is 60.7 Å². The standard InChI is InChI=1S/C21H23FN4O/c1-27-13-7-12-23-19-14-20(24-15-17-10-5-6-11-18(17)22)26-21(25-19)16-8-3-2-4-9-16/h2-6,8-11,14H,7,12-13,15H2,1H3,(H2,23,24,25,26). The molecule has 0 saturated carbocycles. The zero-order valence-electron chi connectivity index (χ0n) is 15.3. The first-order valence-corrected chi connectivity index (χ1v) is 8.91. The lowest BCUT2D eigenvalue weighted by molar-refractivity contribution is 0.198. The third-order valence-electron chi connectivity index (χ3n) is 4.01. The highest BCUT2D eigenvalue weighted by molar-refractivity contribution is 5.61. The van der Waals surface area contributed by atoms with E-state index in [1.165, 1.54) is 6.07 Å². The number of hydrogen-bond acceptors (Lipinski definition) is 5. The molecular formula is C21H23FN4O. The van der Waals surface area contributed by atoms with Gasteiger partial charge >= 0.3 is 0 Å². The van der Waals surface area contributed by atoms with E-state index in [9.17, 15) is 4.39 Å². The summed E-state index contributed by atoms with van der Waals surface area (Å²) >= 11 is 0. The predicted octanol–water partition coefficient (Wildman–Crippen LogP) is 4.34. The minimum absolute atomic E-state index is 0.236. The molecule has 0 spiro atoms. The van der Waals surface area contributed by atoms with Crippen molar-refractivity contribution in [2.24, 2.45) is 0 Å². The van der Waals surface area contributed by atoms with Gasteiger partial charge in [0.15, 0.2) is 5.82 Å². The number of anilines is 2. The molecule has 27 heavy (non-hydrogen) atoms. The molecule has 0 unspecified atom stereocenters. The molecular weight excluding hydrogens is 343 g/mol. The summed E-state index contributed by atoms with van der Waals surface area (Å²) in [7, 11) is 1.68. The summed E-state index contributed by atoms with van der Waals surface area (Å²) in [6.45, 7) is 1.77. The van der Waals surface area contributed by atoms with Crippen molar-refractivity contribution in [3.63, 3.8) is 0 Å². The molecule has 0 radical (unpaired) electrons. The fourth-order valence-corrected chi connectivity index (χ4v) is 2.61. The lowest BCUT2D eigenvalue weighted by atomic mass is 10.2. The molecule has 0 bridgehead atoms. The van der Waals surface area contributed by atoms with Crippen LogP contribution in [0, 0.1) is 5.82 Å². The molecule has 0 aliphatic carbocycles. The summed E-state index contributed by atoms with van der Waals surface area (Å²) in [5.74, 6) is 1.74. The minimum Gasteiger partial charge on any atom is -0.385 e. The van der Waals surface area contributed by atoms with Crippen LogP contribution in [0.1, 0.15) is 12.0 Å². The first kappa shape index (κ1) is 18.8. The van der Waals surface area contributed by atoms with E-state index in [0.717, 1.165) is 24.3 Å². The number of ether oxygens (including phenoxy) is 1. The molecule has 0 fully saturated rings. The molecule has 0 aliphatic rings. The van der Waals surface area contributed by atoms with Crippen molar-refractivity contribution in [1.29, 1.82) is 0 Å². The molecule has 0 atom stereocenters. The zero-order chi connectivity index (χ0) is 18.9. The van der Waals surface area contributed by atoms with Gasteiger partial charge in [0.25, 0.3) is 0 Å². The van der Waals surface area contributed by atoms with Crippen LogP contribution >= 0.6 is 0 Å². The summed E-state index contributed by atoms with van der Waals surface area (Å²) < 4.78 is 18.9. The minimum atomic E-state index is -0.236. The molecule has 2 N–H and O–H groups in total. The number of hydrogen-bond donors (Lipinski definition) is 2. The topological polar surface area (TPSA) is 59.1 Å². The van der Waals surface area contributed by atoms with Crippen LogP contribution < -0.4 is 10.6 Å². The van der Waals surface area contributed by atoms with Gasteiger partial charge in [0.05, 0.1) is 0 Å². The Morgan fingerprint density at radius 3 is 2.37 bits per heavy atom. The predicted molar refractivity (Wildman–Crippen MR) is 106 cm³/mol. The van der Waals surface area contributed by atoms with Crippen molar-refractivity contribution in [2.75, 3.05) is 30.9 Å². The molecule has 3 aromatic rings. The summed E-state index contributed by atoms with van der Waals surface area (Å²) in [4.78, 5) is 9.18. The van der Waals surface area contributed by atoms with Gasteiger partial charge in [-0.25, -0.2) is 14.4 Å². The van der Waals surface area contributed by atoms with Gasteiger partial charge in [0.2, 0.25) is 0 Å². The Kier molecular flexibility index (Phi) is 6.71. The van der Waals surface area contributed by atoms with Gasteiger partial charge in [0, 0.05) is 44.0 Å². The lowest BCUT2D eigenvalue weighted by Gasteiger charge is -2.12. The fourth-order valence-electron chi connectivity index (χ4n) is 2.61. The maximum absolute atomic E-state index is 13.9. The van der Waals surface area contributed by atoms with E-state index in [-0.39, 0.29) is 5.82 Å². The Labute approximate surface area is 158 Å². The second-order valence-electron chi connectivity index (χ2n) is 6.05. The van der Waals surface area contributed by atoms with Crippen LogP contribution in [0.4, 0.5) is 16.0 Å². The van der Waals surface area contributed by atoms with Crippen molar-refractivity contribution >= 4 is 11.6 Å². The summed E-state index contributed by atoms with van der Waals surface area (Å²) in [6.07, 6.45) is 0.874. The Bertz CT molecular complexity index is 858. The van der Waals surface area contributed by atoms with Crippen molar-refractivity contribution in [3.05, 3.63) is 72.0 Å². The second kappa shape index (κ2) is 9.64. The monoisotopic (exact) mass is 366 g/mol. The third kappa shape index (κ3) is 5.49. The normalized spacial score (nSPS) is 10.6. The molecule has 3 rings (SSSR count). The van der Waals surface area contributed by atoms with E-state index in [2.05, 4.69) is 20.6 Å². The van der Waals surface area contributed by atoms with Crippen LogP contribution in [0.5, 0.6) is 0 Å². The van der Waals surface area contributed by atoms with Gasteiger partial charge in [-0.1, -0.05) is 48.5 Å². The molecule has 6 heteroatoms. The van der Waals surface area contributed by atoms with Crippen molar-refractivity contribution in [2.45, 2.75) is 13.0 Å². The molecule has 1 heterocycles. The molecule has 5 nitrogen and oxygen atoms in total. The van der Waals surface area contributed by atoms with E-state index < -0.39 is 0 Å². The van der Waals surface area contributed by atoms with Crippen molar-refractivity contribution < 1.29 is 9.13 Å².